The number of amides is 3. The van der Waals surface area contributed by atoms with Crippen molar-refractivity contribution in [1.29, 1.82) is 10.5 Å². The molecule has 0 saturated heterocycles. The first kappa shape index (κ1) is 56.1. The van der Waals surface area contributed by atoms with Crippen LogP contribution in [0.5, 0.6) is 0 Å². The molecule has 2 aliphatic heterocycles. The Kier molecular flexibility index (Phi) is 18.3. The Morgan fingerprint density at radius 1 is 0.585 bits per heavy atom. The predicted molar refractivity (Wildman–Crippen MR) is 324 cm³/mol. The fourth-order valence-electron chi connectivity index (χ4n) is 7.95. The molecule has 0 aliphatic carbocycles. The van der Waals surface area contributed by atoms with Crippen molar-refractivity contribution in [2.45, 2.75) is 16.2 Å². The molecule has 0 atom stereocenters. The Morgan fingerprint density at radius 2 is 1.07 bits per heavy atom. The lowest BCUT2D eigenvalue weighted by Crippen LogP contribution is -2.14. The van der Waals surface area contributed by atoms with Crippen molar-refractivity contribution in [3.05, 3.63) is 233 Å². The van der Waals surface area contributed by atoms with Crippen LogP contribution in [0.3, 0.4) is 0 Å². The van der Waals surface area contributed by atoms with Gasteiger partial charge in [0, 0.05) is 80.8 Å². The number of hydrogen-bond acceptors (Lipinski definition) is 17. The maximum Gasteiger partial charge on any atom is 0.255 e. The van der Waals surface area contributed by atoms with E-state index in [4.69, 9.17) is 0 Å². The molecule has 10 rings (SSSR count). The third kappa shape index (κ3) is 14.9. The molecule has 0 spiro atoms. The van der Waals surface area contributed by atoms with Crippen molar-refractivity contribution in [3.8, 4) is 12.1 Å². The van der Waals surface area contributed by atoms with Gasteiger partial charge in [-0.05, 0) is 141 Å². The lowest BCUT2D eigenvalue weighted by atomic mass is 10.1. The van der Waals surface area contributed by atoms with Gasteiger partial charge in [-0.2, -0.15) is 10.5 Å². The van der Waals surface area contributed by atoms with Crippen molar-refractivity contribution in [2.24, 2.45) is 0 Å². The van der Waals surface area contributed by atoms with E-state index in [2.05, 4.69) is 75.9 Å². The minimum atomic E-state index is -0.311. The molecule has 82 heavy (non-hydrogen) atoms. The van der Waals surface area contributed by atoms with Crippen LogP contribution in [-0.2, 0) is 16.0 Å². The van der Waals surface area contributed by atoms with Gasteiger partial charge >= 0.3 is 0 Å². The van der Waals surface area contributed by atoms with E-state index in [0.717, 1.165) is 36.8 Å². The fraction of sp³-hybridized carbons (Fsp3) is 0.0645. The molecule has 0 bridgehead atoms. The minimum absolute atomic E-state index is 0.106. The van der Waals surface area contributed by atoms with Crippen LogP contribution in [0.15, 0.2) is 215 Å². The molecule has 8 aromatic rings. The molecule has 0 saturated carbocycles. The van der Waals surface area contributed by atoms with E-state index >= 15 is 0 Å². The standard InChI is InChI=1S/C32H28N8O2S.C30H22N6O2S/c1-40(2)18-6-11-29(41)35-24-8-5-7-21(19-24)30(42)36-22-12-14-23(15-13-22)37-32-34-17-16-26(39-32)25(20-33)31-38-27-9-3-4-10-28(27)43-31;1-2-23(37)17-19-6-5-7-20(16-19)28(38)33-21-10-12-22(13-11-21)34-30-32-15-14-25(36-30)24(18-31)29-35-26-8-3-4-9-27(26)39-29/h3-17,19,38H,18H2,1-2H3,(H,35,41)(H,36,42)(H,34,37,39);2-16,35H,1,17H2,(H,33,38)(H,32,34,36)/b11-6+,31-25-;29-24-. The van der Waals surface area contributed by atoms with Gasteiger partial charge in [0.2, 0.25) is 17.8 Å². The lowest BCUT2D eigenvalue weighted by molar-refractivity contribution is -0.114. The Labute approximate surface area is 481 Å². The number of nitrogens with one attached hydrogen (secondary N) is 7. The zero-order valence-electron chi connectivity index (χ0n) is 44.1. The molecule has 0 radical (unpaired) electrons. The number of thioether (sulfide) groups is 2. The van der Waals surface area contributed by atoms with Crippen LogP contribution in [0.1, 0.15) is 37.7 Å². The normalized spacial score (nSPS) is 13.0. The van der Waals surface area contributed by atoms with Crippen LogP contribution < -0.4 is 37.2 Å². The highest BCUT2D eigenvalue weighted by Crippen LogP contribution is 2.44. The number of likely N-dealkylation sites (N-methyl/N-ethyl adjacent to an activating group) is 1. The van der Waals surface area contributed by atoms with E-state index in [1.807, 2.05) is 67.5 Å². The number of rotatable bonds is 17. The summed E-state index contributed by atoms with van der Waals surface area (Å²) in [5, 5.41) is 42.5. The van der Waals surface area contributed by atoms with Gasteiger partial charge in [-0.3, -0.25) is 19.2 Å². The Bertz CT molecular complexity index is 3870. The Hall–Kier alpha value is -10.6. The molecule has 3 amide bonds. The van der Waals surface area contributed by atoms with Crippen molar-refractivity contribution >= 4 is 110 Å². The highest BCUT2D eigenvalue weighted by atomic mass is 32.2. The molecule has 6 aromatic carbocycles. The van der Waals surface area contributed by atoms with Gasteiger partial charge in [0.25, 0.3) is 11.8 Å². The number of nitriles is 2. The number of carbonyl (C=O) groups is 4. The fourth-order valence-corrected chi connectivity index (χ4v) is 9.97. The van der Waals surface area contributed by atoms with E-state index in [-0.39, 0.29) is 29.9 Å². The zero-order valence-corrected chi connectivity index (χ0v) is 45.7. The molecule has 18 nitrogen and oxygen atoms in total. The van der Waals surface area contributed by atoms with Gasteiger partial charge in [-0.1, -0.05) is 78.6 Å². The summed E-state index contributed by atoms with van der Waals surface area (Å²) < 4.78 is 0. The van der Waals surface area contributed by atoms with Crippen molar-refractivity contribution in [3.63, 3.8) is 0 Å². The average Bonchev–Trinajstić information content (AvgIpc) is 4.21. The highest BCUT2D eigenvalue weighted by Gasteiger charge is 2.23. The summed E-state index contributed by atoms with van der Waals surface area (Å²) in [5.41, 5.74) is 8.50. The lowest BCUT2D eigenvalue weighted by Gasteiger charge is -2.10. The number of fused-ring (bicyclic) bond motifs is 2. The van der Waals surface area contributed by atoms with Gasteiger partial charge in [0.15, 0.2) is 5.78 Å². The van der Waals surface area contributed by atoms with Gasteiger partial charge in [0.05, 0.1) is 32.8 Å². The number of carbonyl (C=O) groups excluding carboxylic acids is 4. The zero-order chi connectivity index (χ0) is 57.4. The van der Waals surface area contributed by atoms with Crippen LogP contribution in [0, 0.1) is 22.7 Å². The van der Waals surface area contributed by atoms with Crippen LogP contribution >= 0.6 is 23.5 Å². The topological polar surface area (TPSA) is 255 Å². The average molecular weight is 1120 g/mol. The van der Waals surface area contributed by atoms with Gasteiger partial charge in [-0.15, -0.1) is 0 Å². The molecular formula is C62H50N14O4S2. The van der Waals surface area contributed by atoms with Gasteiger partial charge < -0.3 is 42.1 Å². The number of nitrogens with zero attached hydrogens (tertiary/aromatic N) is 7. The van der Waals surface area contributed by atoms with Gasteiger partial charge in [-0.25, -0.2) is 19.9 Å². The van der Waals surface area contributed by atoms with Crippen molar-refractivity contribution in [1.82, 2.24) is 24.8 Å². The third-order valence-electron chi connectivity index (χ3n) is 11.9. The second kappa shape index (κ2) is 26.8. The molecule has 2 aliphatic rings. The number of allylic oxidation sites excluding steroid dienone is 3. The summed E-state index contributed by atoms with van der Waals surface area (Å²) in [6, 6.07) is 51.5. The summed E-state index contributed by atoms with van der Waals surface area (Å²) in [6.45, 7) is 4.13. The second-order valence-electron chi connectivity index (χ2n) is 18.2. The predicted octanol–water partition coefficient (Wildman–Crippen LogP) is 12.1. The summed E-state index contributed by atoms with van der Waals surface area (Å²) in [6.07, 6.45) is 7.90. The number of para-hydroxylation sites is 2. The Morgan fingerprint density at radius 3 is 1.56 bits per heavy atom. The number of anilines is 9. The first-order valence-corrected chi connectivity index (χ1v) is 26.9. The van der Waals surface area contributed by atoms with E-state index in [1.165, 1.54) is 35.7 Å². The highest BCUT2D eigenvalue weighted by molar-refractivity contribution is 8.04. The molecule has 404 valence electrons. The van der Waals surface area contributed by atoms with Crippen LogP contribution in [0.25, 0.3) is 11.1 Å². The van der Waals surface area contributed by atoms with E-state index in [1.54, 1.807) is 128 Å². The first-order chi connectivity index (χ1) is 39.9. The quantitative estimate of drug-likeness (QED) is 0.0330. The summed E-state index contributed by atoms with van der Waals surface area (Å²) in [7, 11) is 3.83. The van der Waals surface area contributed by atoms with Gasteiger partial charge in [0.1, 0.15) is 23.3 Å². The number of benzene rings is 6. The first-order valence-electron chi connectivity index (χ1n) is 25.3. The molecule has 2 aromatic heterocycles. The number of ketones is 1. The SMILES string of the molecule is C=CC(=O)Cc1cccc(C(=O)Nc2ccc(Nc3nccc(/C(C#N)=C4/Nc5ccccc5S4)n3)cc2)c1.CN(C)C/C=C/C(=O)Nc1cccc(C(=O)Nc2ccc(Nc3nccc(/C(C#N)=C4/Nc5ccccc5S4)n3)cc2)c1. The molecular weight excluding hydrogens is 1070 g/mol. The molecule has 4 heterocycles. The number of aromatic nitrogens is 4. The van der Waals surface area contributed by atoms with E-state index in [0.29, 0.717) is 80.5 Å². The summed E-state index contributed by atoms with van der Waals surface area (Å²) in [5.74, 6) is -0.295. The maximum absolute atomic E-state index is 12.9. The van der Waals surface area contributed by atoms with E-state index in [9.17, 15) is 29.7 Å². The minimum Gasteiger partial charge on any atom is -0.348 e. The smallest absolute Gasteiger partial charge is 0.255 e. The van der Waals surface area contributed by atoms with E-state index < -0.39 is 0 Å². The monoisotopic (exact) mass is 1120 g/mol. The van der Waals surface area contributed by atoms with Crippen molar-refractivity contribution < 1.29 is 19.2 Å². The summed E-state index contributed by atoms with van der Waals surface area (Å²) >= 11 is 2.99. The third-order valence-corrected chi connectivity index (χ3v) is 14.1. The Balaban J connectivity index is 0.000000198. The molecule has 0 unspecified atom stereocenters. The maximum atomic E-state index is 12.9. The van der Waals surface area contributed by atoms with Crippen LogP contribution in [0.4, 0.5) is 51.7 Å². The molecule has 7 N–H and O–H groups in total. The van der Waals surface area contributed by atoms with Crippen LogP contribution in [-0.4, -0.2) is 69.0 Å². The molecule has 20 heteroatoms. The van der Waals surface area contributed by atoms with Crippen molar-refractivity contribution in [2.75, 3.05) is 57.9 Å². The summed E-state index contributed by atoms with van der Waals surface area (Å²) in [4.78, 5) is 71.1. The largest absolute Gasteiger partial charge is 0.348 e. The van der Waals surface area contributed by atoms with Crippen LogP contribution in [0.2, 0.25) is 0 Å². The molecule has 0 fully saturated rings. The number of hydrogen-bond donors (Lipinski definition) is 7. The second-order valence-corrected chi connectivity index (χ2v) is 20.3.